The largest absolute Gasteiger partial charge is 0.397 e. The van der Waals surface area contributed by atoms with Crippen molar-refractivity contribution in [1.29, 1.82) is 0 Å². The summed E-state index contributed by atoms with van der Waals surface area (Å²) >= 11 is 5.93. The molecule has 1 aliphatic rings. The third-order valence-electron chi connectivity index (χ3n) is 3.46. The Hall–Kier alpha value is -0.890. The molecule has 0 radical (unpaired) electrons. The Kier molecular flexibility index (Phi) is 3.29. The van der Waals surface area contributed by atoms with Crippen LogP contribution in [0.15, 0.2) is 18.2 Å². The fourth-order valence-corrected chi connectivity index (χ4v) is 2.84. The van der Waals surface area contributed by atoms with Crippen molar-refractivity contribution < 1.29 is 0 Å². The fourth-order valence-electron chi connectivity index (χ4n) is 2.66. The van der Waals surface area contributed by atoms with Gasteiger partial charge in [0.05, 0.1) is 11.4 Å². The molecule has 0 spiro atoms. The standard InChI is InChI=1S/C13H19ClN2/c1-9-4-3-5-10(2)16(9)13-7-6-11(14)8-12(13)15/h6-10H,3-5,15H2,1-2H3. The highest BCUT2D eigenvalue weighted by molar-refractivity contribution is 6.31. The topological polar surface area (TPSA) is 29.3 Å². The molecule has 2 unspecified atom stereocenters. The molecule has 0 aromatic heterocycles. The number of benzene rings is 1. The number of anilines is 2. The maximum Gasteiger partial charge on any atom is 0.0605 e. The van der Waals surface area contributed by atoms with Crippen molar-refractivity contribution in [1.82, 2.24) is 0 Å². The second kappa shape index (κ2) is 4.54. The molecule has 1 saturated heterocycles. The minimum atomic E-state index is 0.562. The van der Waals surface area contributed by atoms with Crippen LogP contribution in [0.25, 0.3) is 0 Å². The number of hydrogen-bond donors (Lipinski definition) is 1. The predicted molar refractivity (Wildman–Crippen MR) is 71.1 cm³/mol. The molecule has 2 rings (SSSR count). The van der Waals surface area contributed by atoms with E-state index in [0.717, 1.165) is 11.4 Å². The van der Waals surface area contributed by atoms with E-state index in [-0.39, 0.29) is 0 Å². The van der Waals surface area contributed by atoms with E-state index >= 15 is 0 Å². The van der Waals surface area contributed by atoms with Gasteiger partial charge in [0.1, 0.15) is 0 Å². The summed E-state index contributed by atoms with van der Waals surface area (Å²) in [5.41, 5.74) is 7.96. The Balaban J connectivity index is 2.34. The summed E-state index contributed by atoms with van der Waals surface area (Å²) in [4.78, 5) is 2.43. The predicted octanol–water partition coefficient (Wildman–Crippen LogP) is 3.69. The van der Waals surface area contributed by atoms with Gasteiger partial charge in [0.15, 0.2) is 0 Å². The molecule has 1 aliphatic heterocycles. The molecule has 88 valence electrons. The van der Waals surface area contributed by atoms with Crippen LogP contribution in [0.5, 0.6) is 0 Å². The van der Waals surface area contributed by atoms with Gasteiger partial charge in [-0.05, 0) is 51.3 Å². The van der Waals surface area contributed by atoms with Gasteiger partial charge in [-0.2, -0.15) is 0 Å². The van der Waals surface area contributed by atoms with Gasteiger partial charge in [0, 0.05) is 17.1 Å². The Labute approximate surface area is 102 Å². The second-order valence-corrected chi connectivity index (χ2v) is 5.18. The molecule has 2 N–H and O–H groups in total. The van der Waals surface area contributed by atoms with Gasteiger partial charge in [-0.15, -0.1) is 0 Å². The molecular formula is C13H19ClN2. The third kappa shape index (κ3) is 2.12. The summed E-state index contributed by atoms with van der Waals surface area (Å²) in [5, 5.41) is 0.707. The zero-order valence-corrected chi connectivity index (χ0v) is 10.7. The van der Waals surface area contributed by atoms with Crippen LogP contribution in [-0.2, 0) is 0 Å². The number of nitrogens with two attached hydrogens (primary N) is 1. The molecule has 0 saturated carbocycles. The molecule has 0 amide bonds. The van der Waals surface area contributed by atoms with Gasteiger partial charge < -0.3 is 10.6 Å². The first kappa shape index (κ1) is 11.6. The van der Waals surface area contributed by atoms with Crippen LogP contribution < -0.4 is 10.6 Å². The lowest BCUT2D eigenvalue weighted by Gasteiger charge is -2.41. The maximum absolute atomic E-state index is 6.05. The summed E-state index contributed by atoms with van der Waals surface area (Å²) in [7, 11) is 0. The molecule has 0 aliphatic carbocycles. The van der Waals surface area contributed by atoms with Crippen molar-refractivity contribution in [2.24, 2.45) is 0 Å². The van der Waals surface area contributed by atoms with Crippen LogP contribution in [0.4, 0.5) is 11.4 Å². The number of hydrogen-bond acceptors (Lipinski definition) is 2. The second-order valence-electron chi connectivity index (χ2n) is 4.74. The molecule has 3 heteroatoms. The minimum Gasteiger partial charge on any atom is -0.397 e. The van der Waals surface area contributed by atoms with Gasteiger partial charge >= 0.3 is 0 Å². The lowest BCUT2D eigenvalue weighted by molar-refractivity contribution is 0.415. The number of nitrogens with zero attached hydrogens (tertiary/aromatic N) is 1. The Bertz CT molecular complexity index is 368. The summed E-state index contributed by atoms with van der Waals surface area (Å²) in [6.07, 6.45) is 3.80. The van der Waals surface area contributed by atoms with Crippen molar-refractivity contribution in [3.05, 3.63) is 23.2 Å². The maximum atomic E-state index is 6.05. The molecule has 1 aromatic carbocycles. The number of piperidine rings is 1. The van der Waals surface area contributed by atoms with Crippen molar-refractivity contribution in [2.45, 2.75) is 45.2 Å². The average Bonchev–Trinajstić information content (AvgIpc) is 2.20. The van der Waals surface area contributed by atoms with Gasteiger partial charge in [0.25, 0.3) is 0 Å². The smallest absolute Gasteiger partial charge is 0.0605 e. The van der Waals surface area contributed by atoms with Crippen molar-refractivity contribution >= 4 is 23.0 Å². The van der Waals surface area contributed by atoms with Crippen LogP contribution in [-0.4, -0.2) is 12.1 Å². The SMILES string of the molecule is CC1CCCC(C)N1c1ccc(Cl)cc1N. The van der Waals surface area contributed by atoms with Crippen LogP contribution in [0.1, 0.15) is 33.1 Å². The molecule has 1 aromatic rings. The van der Waals surface area contributed by atoms with Crippen molar-refractivity contribution in [3.63, 3.8) is 0 Å². The van der Waals surface area contributed by atoms with E-state index in [4.69, 9.17) is 17.3 Å². The van der Waals surface area contributed by atoms with Crippen LogP contribution in [0.2, 0.25) is 5.02 Å². The molecular weight excluding hydrogens is 220 g/mol. The van der Waals surface area contributed by atoms with Crippen molar-refractivity contribution in [2.75, 3.05) is 10.6 Å². The van der Waals surface area contributed by atoms with Gasteiger partial charge in [-0.25, -0.2) is 0 Å². The molecule has 2 atom stereocenters. The molecule has 0 bridgehead atoms. The van der Waals surface area contributed by atoms with E-state index < -0.39 is 0 Å². The van der Waals surface area contributed by atoms with Gasteiger partial charge in [-0.3, -0.25) is 0 Å². The third-order valence-corrected chi connectivity index (χ3v) is 3.70. The summed E-state index contributed by atoms with van der Waals surface area (Å²) in [6.45, 7) is 4.54. The van der Waals surface area contributed by atoms with E-state index in [1.807, 2.05) is 18.2 Å². The Morgan fingerprint density at radius 3 is 2.44 bits per heavy atom. The van der Waals surface area contributed by atoms with E-state index in [2.05, 4.69) is 18.7 Å². The first-order valence-electron chi connectivity index (χ1n) is 5.93. The molecule has 16 heavy (non-hydrogen) atoms. The van der Waals surface area contributed by atoms with Crippen LogP contribution in [0, 0.1) is 0 Å². The van der Waals surface area contributed by atoms with E-state index in [0.29, 0.717) is 17.1 Å². The Morgan fingerprint density at radius 1 is 1.25 bits per heavy atom. The lowest BCUT2D eigenvalue weighted by Crippen LogP contribution is -2.44. The van der Waals surface area contributed by atoms with Crippen molar-refractivity contribution in [3.8, 4) is 0 Å². The Morgan fingerprint density at radius 2 is 1.88 bits per heavy atom. The number of halogens is 1. The van der Waals surface area contributed by atoms with Gasteiger partial charge in [0.2, 0.25) is 0 Å². The van der Waals surface area contributed by atoms with E-state index in [9.17, 15) is 0 Å². The molecule has 1 fully saturated rings. The lowest BCUT2D eigenvalue weighted by atomic mass is 9.96. The average molecular weight is 239 g/mol. The minimum absolute atomic E-state index is 0.562. The van der Waals surface area contributed by atoms with E-state index in [1.54, 1.807) is 0 Å². The molecule has 2 nitrogen and oxygen atoms in total. The fraction of sp³-hybridized carbons (Fsp3) is 0.538. The highest BCUT2D eigenvalue weighted by atomic mass is 35.5. The summed E-state index contributed by atoms with van der Waals surface area (Å²) < 4.78 is 0. The monoisotopic (exact) mass is 238 g/mol. The first-order valence-corrected chi connectivity index (χ1v) is 6.30. The first-order chi connectivity index (χ1) is 7.59. The molecule has 1 heterocycles. The highest BCUT2D eigenvalue weighted by Gasteiger charge is 2.25. The van der Waals surface area contributed by atoms with Gasteiger partial charge in [-0.1, -0.05) is 11.6 Å². The summed E-state index contributed by atoms with van der Waals surface area (Å²) in [5.74, 6) is 0. The number of rotatable bonds is 1. The van der Waals surface area contributed by atoms with Crippen LogP contribution >= 0.6 is 11.6 Å². The zero-order valence-electron chi connectivity index (χ0n) is 9.91. The van der Waals surface area contributed by atoms with Crippen LogP contribution in [0.3, 0.4) is 0 Å². The quantitative estimate of drug-likeness (QED) is 0.757. The number of nitrogen functional groups attached to an aromatic ring is 1. The van der Waals surface area contributed by atoms with E-state index in [1.165, 1.54) is 19.3 Å². The summed E-state index contributed by atoms with van der Waals surface area (Å²) in [6, 6.07) is 6.92. The normalized spacial score (nSPS) is 25.8. The zero-order chi connectivity index (χ0) is 11.7. The highest BCUT2D eigenvalue weighted by Crippen LogP contribution is 2.34.